The van der Waals surface area contributed by atoms with Crippen LogP contribution in [0.25, 0.3) is 4.85 Å². The molecule has 1 aromatic carbocycles. The molecule has 0 unspecified atom stereocenters. The van der Waals surface area contributed by atoms with E-state index in [4.69, 9.17) is 6.57 Å². The summed E-state index contributed by atoms with van der Waals surface area (Å²) < 4.78 is 52.0. The van der Waals surface area contributed by atoms with Gasteiger partial charge in [-0.05, 0) is 42.7 Å². The van der Waals surface area contributed by atoms with Crippen molar-refractivity contribution in [1.82, 2.24) is 9.88 Å². The molecule has 2 heterocycles. The van der Waals surface area contributed by atoms with Gasteiger partial charge in [-0.1, -0.05) is 12.6 Å². The van der Waals surface area contributed by atoms with Gasteiger partial charge in [-0.2, -0.15) is 13.2 Å². The molecule has 4 nitrogen and oxygen atoms in total. The standard InChI is InChI=1S/C19H18F4N4/c1-24-17-3-2-4-18(26-17)25-16-5-7-27(8-6-16)12-13-9-14(19(21,22)23)11-15(20)10-13/h2-4,9-11,16H,5-8,12H2,(H,25,26). The molecule has 0 amide bonds. The lowest BCUT2D eigenvalue weighted by Crippen LogP contribution is -2.38. The Bertz CT molecular complexity index is 836. The van der Waals surface area contributed by atoms with Gasteiger partial charge in [-0.15, -0.1) is 4.98 Å². The van der Waals surface area contributed by atoms with Crippen LogP contribution in [-0.4, -0.2) is 29.0 Å². The van der Waals surface area contributed by atoms with Gasteiger partial charge in [0.15, 0.2) is 0 Å². The van der Waals surface area contributed by atoms with Crippen molar-refractivity contribution in [3.8, 4) is 0 Å². The smallest absolute Gasteiger partial charge is 0.361 e. The van der Waals surface area contributed by atoms with Crippen LogP contribution in [0, 0.1) is 12.4 Å². The maximum atomic E-state index is 13.5. The van der Waals surface area contributed by atoms with Gasteiger partial charge in [0.05, 0.1) is 5.56 Å². The molecule has 0 spiro atoms. The number of benzene rings is 1. The second-order valence-electron chi connectivity index (χ2n) is 6.53. The number of nitrogens with one attached hydrogen (secondary N) is 1. The van der Waals surface area contributed by atoms with Gasteiger partial charge in [0, 0.05) is 31.7 Å². The zero-order valence-corrected chi connectivity index (χ0v) is 14.4. The Labute approximate surface area is 154 Å². The fourth-order valence-corrected chi connectivity index (χ4v) is 3.17. The van der Waals surface area contributed by atoms with E-state index in [2.05, 4.69) is 15.1 Å². The second kappa shape index (κ2) is 7.92. The Morgan fingerprint density at radius 3 is 2.59 bits per heavy atom. The highest BCUT2D eigenvalue weighted by molar-refractivity contribution is 5.46. The minimum atomic E-state index is -4.55. The summed E-state index contributed by atoms with van der Waals surface area (Å²) in [6, 6.07) is 8.05. The number of alkyl halides is 3. The molecule has 1 aliphatic rings. The topological polar surface area (TPSA) is 32.5 Å². The minimum Gasteiger partial charge on any atom is -0.361 e. The van der Waals surface area contributed by atoms with Crippen LogP contribution in [0.5, 0.6) is 0 Å². The van der Waals surface area contributed by atoms with Crippen LogP contribution >= 0.6 is 0 Å². The fraction of sp³-hybridized carbons (Fsp3) is 0.368. The minimum absolute atomic E-state index is 0.174. The van der Waals surface area contributed by atoms with Crippen molar-refractivity contribution >= 4 is 11.6 Å². The van der Waals surface area contributed by atoms with Crippen LogP contribution in [0.1, 0.15) is 24.0 Å². The summed E-state index contributed by atoms with van der Waals surface area (Å²) in [6.07, 6.45) is -2.99. The van der Waals surface area contributed by atoms with E-state index < -0.39 is 17.6 Å². The average molecular weight is 378 g/mol. The third-order valence-electron chi connectivity index (χ3n) is 4.48. The van der Waals surface area contributed by atoms with Crippen LogP contribution in [0.2, 0.25) is 0 Å². The van der Waals surface area contributed by atoms with Crippen molar-refractivity contribution in [3.63, 3.8) is 0 Å². The van der Waals surface area contributed by atoms with Crippen LogP contribution in [0.4, 0.5) is 29.2 Å². The molecule has 0 aliphatic carbocycles. The van der Waals surface area contributed by atoms with Crippen molar-refractivity contribution in [2.75, 3.05) is 18.4 Å². The van der Waals surface area contributed by atoms with E-state index in [1.165, 1.54) is 0 Å². The maximum Gasteiger partial charge on any atom is 0.416 e. The number of rotatable bonds is 4. The molecular formula is C19H18F4N4. The summed E-state index contributed by atoms with van der Waals surface area (Å²) in [6.45, 7) is 8.63. The first-order valence-corrected chi connectivity index (χ1v) is 8.53. The highest BCUT2D eigenvalue weighted by Gasteiger charge is 2.31. The van der Waals surface area contributed by atoms with Gasteiger partial charge < -0.3 is 10.2 Å². The number of halogens is 4. The molecule has 2 aromatic rings. The Hall–Kier alpha value is -2.66. The van der Waals surface area contributed by atoms with Gasteiger partial charge >= 0.3 is 6.18 Å². The van der Waals surface area contributed by atoms with Crippen molar-refractivity contribution in [3.05, 3.63) is 64.8 Å². The molecule has 0 bridgehead atoms. The molecule has 142 valence electrons. The number of nitrogens with zero attached hydrogens (tertiary/aromatic N) is 3. The molecule has 0 radical (unpaired) electrons. The van der Waals surface area contributed by atoms with E-state index in [9.17, 15) is 17.6 Å². The zero-order chi connectivity index (χ0) is 19.4. The molecule has 1 N–H and O–H groups in total. The van der Waals surface area contributed by atoms with Crippen molar-refractivity contribution < 1.29 is 17.6 Å². The SMILES string of the molecule is [C-]#[N+]c1cccc(NC2CCN(Cc3cc(F)cc(C(F)(F)F)c3)CC2)n1. The van der Waals surface area contributed by atoms with E-state index >= 15 is 0 Å². The monoisotopic (exact) mass is 378 g/mol. The third-order valence-corrected chi connectivity index (χ3v) is 4.48. The van der Waals surface area contributed by atoms with Crippen molar-refractivity contribution in [2.24, 2.45) is 0 Å². The summed E-state index contributed by atoms with van der Waals surface area (Å²) >= 11 is 0. The molecule has 1 saturated heterocycles. The highest BCUT2D eigenvalue weighted by Crippen LogP contribution is 2.31. The molecule has 3 rings (SSSR count). The largest absolute Gasteiger partial charge is 0.416 e. The van der Waals surface area contributed by atoms with Crippen LogP contribution in [0.3, 0.4) is 0 Å². The lowest BCUT2D eigenvalue weighted by Gasteiger charge is -2.32. The van der Waals surface area contributed by atoms with Crippen LogP contribution < -0.4 is 5.32 Å². The molecule has 1 aliphatic heterocycles. The molecule has 0 saturated carbocycles. The fourth-order valence-electron chi connectivity index (χ4n) is 3.17. The second-order valence-corrected chi connectivity index (χ2v) is 6.53. The lowest BCUT2D eigenvalue weighted by molar-refractivity contribution is -0.137. The van der Waals surface area contributed by atoms with Gasteiger partial charge in [-0.25, -0.2) is 4.39 Å². The number of aromatic nitrogens is 1. The predicted molar refractivity (Wildman–Crippen MR) is 93.8 cm³/mol. The number of hydrogen-bond donors (Lipinski definition) is 1. The predicted octanol–water partition coefficient (Wildman–Crippen LogP) is 4.87. The van der Waals surface area contributed by atoms with Crippen LogP contribution in [-0.2, 0) is 12.7 Å². The first kappa shape index (κ1) is 19.1. The highest BCUT2D eigenvalue weighted by atomic mass is 19.4. The first-order chi connectivity index (χ1) is 12.8. The average Bonchev–Trinajstić information content (AvgIpc) is 2.62. The molecular weight excluding hydrogens is 360 g/mol. The Morgan fingerprint density at radius 2 is 1.93 bits per heavy atom. The van der Waals surface area contributed by atoms with Crippen LogP contribution in [0.15, 0.2) is 36.4 Å². The van der Waals surface area contributed by atoms with Gasteiger partial charge in [0.25, 0.3) is 5.82 Å². The normalized spacial score (nSPS) is 16.1. The van der Waals surface area contributed by atoms with E-state index in [1.807, 2.05) is 4.90 Å². The van der Waals surface area contributed by atoms with Gasteiger partial charge in [-0.3, -0.25) is 4.90 Å². The summed E-state index contributed by atoms with van der Waals surface area (Å²) in [7, 11) is 0. The van der Waals surface area contributed by atoms with E-state index in [1.54, 1.807) is 18.2 Å². The Morgan fingerprint density at radius 1 is 1.19 bits per heavy atom. The van der Waals surface area contributed by atoms with E-state index in [-0.39, 0.29) is 12.6 Å². The number of anilines is 1. The number of pyridine rings is 1. The van der Waals surface area contributed by atoms with Crippen molar-refractivity contribution in [1.29, 1.82) is 0 Å². The Kier molecular flexibility index (Phi) is 5.61. The molecule has 1 aromatic heterocycles. The lowest BCUT2D eigenvalue weighted by atomic mass is 10.0. The summed E-state index contributed by atoms with van der Waals surface area (Å²) in [5.74, 6) is 0.0908. The van der Waals surface area contributed by atoms with E-state index in [0.717, 1.165) is 25.0 Å². The molecule has 27 heavy (non-hydrogen) atoms. The van der Waals surface area contributed by atoms with E-state index in [0.29, 0.717) is 36.4 Å². The summed E-state index contributed by atoms with van der Waals surface area (Å²) in [4.78, 5) is 9.49. The molecule has 1 fully saturated rings. The number of likely N-dealkylation sites (tertiary alicyclic amines) is 1. The maximum absolute atomic E-state index is 13.5. The third kappa shape index (κ3) is 5.17. The van der Waals surface area contributed by atoms with Gasteiger partial charge in [0.1, 0.15) is 5.82 Å². The summed E-state index contributed by atoms with van der Waals surface area (Å²) in [5, 5.41) is 3.29. The van der Waals surface area contributed by atoms with Crippen molar-refractivity contribution in [2.45, 2.75) is 31.6 Å². The molecule has 0 atom stereocenters. The quantitative estimate of drug-likeness (QED) is 0.609. The molecule has 8 heteroatoms. The Balaban J connectivity index is 1.57. The number of hydrogen-bond acceptors (Lipinski definition) is 3. The zero-order valence-electron chi connectivity index (χ0n) is 14.4. The summed E-state index contributed by atoms with van der Waals surface area (Å²) in [5.41, 5.74) is -0.639. The van der Waals surface area contributed by atoms with Gasteiger partial charge in [0.2, 0.25) is 5.82 Å². The number of piperidine rings is 1. The first-order valence-electron chi connectivity index (χ1n) is 8.53.